The third kappa shape index (κ3) is 2.79. The third-order valence-electron chi connectivity index (χ3n) is 3.77. The molecule has 114 valence electrons. The summed E-state index contributed by atoms with van der Waals surface area (Å²) in [5, 5.41) is 0.914. The van der Waals surface area contributed by atoms with E-state index in [1.54, 1.807) is 30.3 Å². The quantitative estimate of drug-likeness (QED) is 0.805. The van der Waals surface area contributed by atoms with Crippen LogP contribution >= 0.6 is 23.2 Å². The number of nitrogens with zero attached hydrogens (tertiary/aromatic N) is 1. The van der Waals surface area contributed by atoms with Crippen LogP contribution in [0.15, 0.2) is 36.4 Å². The van der Waals surface area contributed by atoms with Crippen molar-refractivity contribution in [3.05, 3.63) is 57.6 Å². The first kappa shape index (κ1) is 15.2. The Labute approximate surface area is 139 Å². The predicted molar refractivity (Wildman–Crippen MR) is 88.3 cm³/mol. The van der Waals surface area contributed by atoms with Gasteiger partial charge in [0.05, 0.1) is 10.0 Å². The average Bonchev–Trinajstić information content (AvgIpc) is 2.51. The minimum absolute atomic E-state index is 0.0751. The molecule has 0 unspecified atom stereocenters. The summed E-state index contributed by atoms with van der Waals surface area (Å²) in [6.07, 6.45) is 0.822. The number of rotatable bonds is 3. The van der Waals surface area contributed by atoms with Crippen molar-refractivity contribution in [2.75, 3.05) is 13.1 Å². The fourth-order valence-corrected chi connectivity index (χ4v) is 3.05. The topological polar surface area (TPSA) is 29.5 Å². The Morgan fingerprint density at radius 2 is 1.91 bits per heavy atom. The van der Waals surface area contributed by atoms with E-state index in [1.165, 1.54) is 0 Å². The monoisotopic (exact) mass is 335 g/mol. The molecule has 0 saturated carbocycles. The Hall–Kier alpha value is -1.71. The summed E-state index contributed by atoms with van der Waals surface area (Å²) >= 11 is 12.2. The van der Waals surface area contributed by atoms with Gasteiger partial charge < -0.3 is 9.64 Å². The van der Waals surface area contributed by atoms with Crippen molar-refractivity contribution in [3.8, 4) is 11.5 Å². The lowest BCUT2D eigenvalue weighted by Gasteiger charge is -2.27. The van der Waals surface area contributed by atoms with Crippen LogP contribution in [0.4, 0.5) is 0 Å². The number of likely N-dealkylation sites (N-methyl/N-ethyl adjacent to an activating group) is 1. The minimum Gasteiger partial charge on any atom is -0.454 e. The summed E-state index contributed by atoms with van der Waals surface area (Å²) in [5.41, 5.74) is 1.74. The van der Waals surface area contributed by atoms with E-state index in [1.807, 2.05) is 17.9 Å². The van der Waals surface area contributed by atoms with Crippen molar-refractivity contribution in [1.82, 2.24) is 4.90 Å². The molecule has 0 saturated heterocycles. The summed E-state index contributed by atoms with van der Waals surface area (Å²) in [5.74, 6) is 1.14. The molecule has 0 aromatic heterocycles. The van der Waals surface area contributed by atoms with E-state index in [2.05, 4.69) is 0 Å². The van der Waals surface area contributed by atoms with E-state index >= 15 is 0 Å². The van der Waals surface area contributed by atoms with Crippen LogP contribution in [0.2, 0.25) is 10.0 Å². The number of fused-ring (bicyclic) bond motifs is 1. The number of amides is 1. The van der Waals surface area contributed by atoms with Crippen molar-refractivity contribution in [2.24, 2.45) is 0 Å². The second-order valence-electron chi connectivity index (χ2n) is 5.11. The molecule has 0 aliphatic carbocycles. The van der Waals surface area contributed by atoms with E-state index in [0.717, 1.165) is 30.6 Å². The lowest BCUT2D eigenvalue weighted by Crippen LogP contribution is -2.37. The normalized spacial score (nSPS) is 14.0. The van der Waals surface area contributed by atoms with Gasteiger partial charge in [-0.15, -0.1) is 0 Å². The highest BCUT2D eigenvalue weighted by atomic mass is 35.5. The van der Waals surface area contributed by atoms with E-state index in [4.69, 9.17) is 27.9 Å². The molecule has 0 atom stereocenters. The average molecular weight is 336 g/mol. The summed E-state index contributed by atoms with van der Waals surface area (Å²) in [6.45, 7) is 3.45. The van der Waals surface area contributed by atoms with Crippen LogP contribution in [0.5, 0.6) is 11.5 Å². The summed E-state index contributed by atoms with van der Waals surface area (Å²) in [4.78, 5) is 14.1. The van der Waals surface area contributed by atoms with Gasteiger partial charge in [0.2, 0.25) is 0 Å². The molecule has 0 radical (unpaired) electrons. The molecule has 2 aromatic rings. The molecule has 0 fully saturated rings. The Kier molecular flexibility index (Phi) is 4.27. The molecular weight excluding hydrogens is 321 g/mol. The molecule has 3 nitrogen and oxygen atoms in total. The van der Waals surface area contributed by atoms with Gasteiger partial charge in [0.25, 0.3) is 5.91 Å². The Morgan fingerprint density at radius 1 is 1.18 bits per heavy atom. The SMILES string of the molecule is CCN1CCc2cc(Oc3c(Cl)cccc3Cl)ccc2C1=O. The van der Waals surface area contributed by atoms with E-state index in [0.29, 0.717) is 21.5 Å². The number of hydrogen-bond donors (Lipinski definition) is 0. The summed E-state index contributed by atoms with van der Waals surface area (Å²) in [6, 6.07) is 10.7. The number of carbonyl (C=O) groups excluding carboxylic acids is 1. The maximum atomic E-state index is 12.3. The molecule has 1 aliphatic heterocycles. The van der Waals surface area contributed by atoms with Gasteiger partial charge in [0.15, 0.2) is 5.75 Å². The maximum absolute atomic E-state index is 12.3. The van der Waals surface area contributed by atoms with Crippen molar-refractivity contribution in [1.29, 1.82) is 0 Å². The first-order chi connectivity index (χ1) is 10.6. The van der Waals surface area contributed by atoms with E-state index in [9.17, 15) is 4.79 Å². The predicted octanol–water partition coefficient (Wildman–Crippen LogP) is 4.80. The van der Waals surface area contributed by atoms with E-state index in [-0.39, 0.29) is 5.91 Å². The van der Waals surface area contributed by atoms with Crippen LogP contribution in [0.25, 0.3) is 0 Å². The number of carbonyl (C=O) groups is 1. The first-order valence-electron chi connectivity index (χ1n) is 7.14. The van der Waals surface area contributed by atoms with Crippen molar-refractivity contribution in [3.63, 3.8) is 0 Å². The maximum Gasteiger partial charge on any atom is 0.254 e. The van der Waals surface area contributed by atoms with Gasteiger partial charge in [-0.25, -0.2) is 0 Å². The molecule has 0 bridgehead atoms. The van der Waals surface area contributed by atoms with Gasteiger partial charge in [-0.1, -0.05) is 29.3 Å². The molecule has 0 spiro atoms. The summed E-state index contributed by atoms with van der Waals surface area (Å²) < 4.78 is 5.81. The highest BCUT2D eigenvalue weighted by Crippen LogP contribution is 2.36. The van der Waals surface area contributed by atoms with Crippen LogP contribution in [0, 0.1) is 0 Å². The molecule has 1 aliphatic rings. The number of hydrogen-bond acceptors (Lipinski definition) is 2. The zero-order chi connectivity index (χ0) is 15.7. The molecule has 0 N–H and O–H groups in total. The highest BCUT2D eigenvalue weighted by molar-refractivity contribution is 6.37. The molecule has 22 heavy (non-hydrogen) atoms. The third-order valence-corrected chi connectivity index (χ3v) is 4.36. The van der Waals surface area contributed by atoms with Crippen molar-refractivity contribution >= 4 is 29.1 Å². The van der Waals surface area contributed by atoms with Crippen LogP contribution in [-0.2, 0) is 6.42 Å². The van der Waals surface area contributed by atoms with Gasteiger partial charge in [0, 0.05) is 18.7 Å². The second kappa shape index (κ2) is 6.19. The minimum atomic E-state index is 0.0751. The standard InChI is InChI=1S/C17H15Cl2NO2/c1-2-20-9-8-11-10-12(6-7-13(11)17(20)21)22-16-14(18)4-3-5-15(16)19/h3-7,10H,2,8-9H2,1H3. The highest BCUT2D eigenvalue weighted by Gasteiger charge is 2.23. The molecule has 1 heterocycles. The Bertz CT molecular complexity index is 710. The molecule has 1 amide bonds. The fraction of sp³-hybridized carbons (Fsp3) is 0.235. The number of ether oxygens (including phenoxy) is 1. The van der Waals surface area contributed by atoms with Crippen LogP contribution < -0.4 is 4.74 Å². The number of para-hydroxylation sites is 1. The number of halogens is 2. The van der Waals surface area contributed by atoms with Crippen molar-refractivity contribution in [2.45, 2.75) is 13.3 Å². The van der Waals surface area contributed by atoms with Gasteiger partial charge >= 0.3 is 0 Å². The first-order valence-corrected chi connectivity index (χ1v) is 7.90. The zero-order valence-electron chi connectivity index (χ0n) is 12.1. The zero-order valence-corrected chi connectivity index (χ0v) is 13.6. The Balaban J connectivity index is 1.91. The molecular formula is C17H15Cl2NO2. The lowest BCUT2D eigenvalue weighted by atomic mass is 9.99. The van der Waals surface area contributed by atoms with E-state index < -0.39 is 0 Å². The number of benzene rings is 2. The summed E-state index contributed by atoms with van der Waals surface area (Å²) in [7, 11) is 0. The Morgan fingerprint density at radius 3 is 2.59 bits per heavy atom. The van der Waals surface area contributed by atoms with Crippen LogP contribution in [0.3, 0.4) is 0 Å². The fourth-order valence-electron chi connectivity index (χ4n) is 2.58. The molecule has 3 rings (SSSR count). The van der Waals surface area contributed by atoms with Gasteiger partial charge in [-0.05, 0) is 49.2 Å². The van der Waals surface area contributed by atoms with Gasteiger partial charge in [-0.3, -0.25) is 4.79 Å². The largest absolute Gasteiger partial charge is 0.454 e. The smallest absolute Gasteiger partial charge is 0.254 e. The van der Waals surface area contributed by atoms with Crippen LogP contribution in [0.1, 0.15) is 22.8 Å². The second-order valence-corrected chi connectivity index (χ2v) is 5.92. The lowest BCUT2D eigenvalue weighted by molar-refractivity contribution is 0.0749. The van der Waals surface area contributed by atoms with Gasteiger partial charge in [0.1, 0.15) is 5.75 Å². The van der Waals surface area contributed by atoms with Gasteiger partial charge in [-0.2, -0.15) is 0 Å². The molecule has 5 heteroatoms. The van der Waals surface area contributed by atoms with Crippen molar-refractivity contribution < 1.29 is 9.53 Å². The van der Waals surface area contributed by atoms with Crippen LogP contribution in [-0.4, -0.2) is 23.9 Å². The molecule has 2 aromatic carbocycles.